The molecule has 2 rings (SSSR count). The number of carbonyl (C=O) groups is 1. The van der Waals surface area contributed by atoms with Gasteiger partial charge < -0.3 is 10.6 Å². The van der Waals surface area contributed by atoms with Crippen molar-refractivity contribution in [3.8, 4) is 0 Å². The Morgan fingerprint density at radius 2 is 2.13 bits per heavy atom. The Balaban J connectivity index is 2.24. The Morgan fingerprint density at radius 1 is 1.40 bits per heavy atom. The quantitative estimate of drug-likeness (QED) is 0.781. The normalized spacial score (nSPS) is 16.0. The summed E-state index contributed by atoms with van der Waals surface area (Å²) in [5.74, 6) is -0.325. The predicted molar refractivity (Wildman–Crippen MR) is 58.1 cm³/mol. The van der Waals surface area contributed by atoms with Gasteiger partial charge in [-0.2, -0.15) is 0 Å². The van der Waals surface area contributed by atoms with Crippen LogP contribution >= 0.6 is 0 Å². The minimum Gasteiger partial charge on any atom is -0.366 e. The van der Waals surface area contributed by atoms with Gasteiger partial charge in [0.25, 0.3) is 0 Å². The largest absolute Gasteiger partial charge is 0.366 e. The highest BCUT2D eigenvalue weighted by atomic mass is 16.1. The lowest BCUT2D eigenvalue weighted by atomic mass is 10.1. The number of aromatic nitrogens is 1. The molecule has 0 aromatic carbocycles. The summed E-state index contributed by atoms with van der Waals surface area (Å²) in [5.41, 5.74) is 7.00. The fraction of sp³-hybridized carbons (Fsp3) is 0.273. The smallest absolute Gasteiger partial charge is 0.246 e. The van der Waals surface area contributed by atoms with Crippen LogP contribution in [0.15, 0.2) is 36.3 Å². The van der Waals surface area contributed by atoms with E-state index < -0.39 is 0 Å². The Kier molecular flexibility index (Phi) is 2.67. The van der Waals surface area contributed by atoms with Crippen molar-refractivity contribution in [1.29, 1.82) is 0 Å². The van der Waals surface area contributed by atoms with Crippen molar-refractivity contribution in [1.82, 2.24) is 4.98 Å². The zero-order valence-corrected chi connectivity index (χ0v) is 8.39. The molecule has 0 saturated heterocycles. The lowest BCUT2D eigenvalue weighted by Crippen LogP contribution is -2.27. The van der Waals surface area contributed by atoms with E-state index in [1.54, 1.807) is 12.4 Å². The molecule has 1 aromatic rings. The highest BCUT2D eigenvalue weighted by Gasteiger charge is 2.14. The van der Waals surface area contributed by atoms with E-state index in [2.05, 4.69) is 4.98 Å². The van der Waals surface area contributed by atoms with Gasteiger partial charge in [-0.05, 0) is 25.0 Å². The van der Waals surface area contributed by atoms with Gasteiger partial charge in [0.05, 0.1) is 0 Å². The molecule has 1 aromatic heterocycles. The SMILES string of the molecule is NC(=O)C1=CN(c2ccncc2)CCC1. The van der Waals surface area contributed by atoms with Gasteiger partial charge in [-0.1, -0.05) is 0 Å². The van der Waals surface area contributed by atoms with Gasteiger partial charge in [0, 0.05) is 36.4 Å². The summed E-state index contributed by atoms with van der Waals surface area (Å²) in [7, 11) is 0. The number of pyridine rings is 1. The lowest BCUT2D eigenvalue weighted by Gasteiger charge is -2.25. The number of carbonyl (C=O) groups excluding carboxylic acids is 1. The van der Waals surface area contributed by atoms with Crippen molar-refractivity contribution in [3.05, 3.63) is 36.3 Å². The molecule has 4 heteroatoms. The fourth-order valence-electron chi connectivity index (χ4n) is 1.68. The van der Waals surface area contributed by atoms with Crippen molar-refractivity contribution in [2.45, 2.75) is 12.8 Å². The molecule has 1 aliphatic rings. The molecule has 15 heavy (non-hydrogen) atoms. The zero-order chi connectivity index (χ0) is 10.7. The first-order valence-electron chi connectivity index (χ1n) is 4.94. The van der Waals surface area contributed by atoms with E-state index in [0.717, 1.165) is 25.1 Å². The molecule has 1 amide bonds. The minimum absolute atomic E-state index is 0.325. The number of nitrogens with zero attached hydrogens (tertiary/aromatic N) is 2. The summed E-state index contributed by atoms with van der Waals surface area (Å²) in [5, 5.41) is 0. The van der Waals surface area contributed by atoms with E-state index in [0.29, 0.717) is 5.57 Å². The number of amides is 1. The maximum absolute atomic E-state index is 11.0. The average molecular weight is 203 g/mol. The molecule has 0 saturated carbocycles. The summed E-state index contributed by atoms with van der Waals surface area (Å²) in [6.07, 6.45) is 7.04. The van der Waals surface area contributed by atoms with Crippen LogP contribution in [0.1, 0.15) is 12.8 Å². The summed E-state index contributed by atoms with van der Waals surface area (Å²) in [6, 6.07) is 3.83. The first kappa shape index (κ1) is 9.71. The van der Waals surface area contributed by atoms with Crippen LogP contribution in [0, 0.1) is 0 Å². The lowest BCUT2D eigenvalue weighted by molar-refractivity contribution is -0.114. The van der Waals surface area contributed by atoms with E-state index in [1.807, 2.05) is 23.2 Å². The Hall–Kier alpha value is -1.84. The zero-order valence-electron chi connectivity index (χ0n) is 8.39. The Morgan fingerprint density at radius 3 is 2.80 bits per heavy atom. The van der Waals surface area contributed by atoms with E-state index in [-0.39, 0.29) is 5.91 Å². The molecule has 2 N–H and O–H groups in total. The van der Waals surface area contributed by atoms with Gasteiger partial charge in [-0.25, -0.2) is 0 Å². The third kappa shape index (κ3) is 2.15. The maximum atomic E-state index is 11.0. The van der Waals surface area contributed by atoms with Crippen LogP contribution in [-0.2, 0) is 4.79 Å². The van der Waals surface area contributed by atoms with E-state index >= 15 is 0 Å². The predicted octanol–water partition coefficient (Wildman–Crippen LogP) is 1.05. The molecule has 78 valence electrons. The summed E-state index contributed by atoms with van der Waals surface area (Å²) >= 11 is 0. The average Bonchev–Trinajstić information content (AvgIpc) is 2.30. The van der Waals surface area contributed by atoms with Gasteiger partial charge in [0.1, 0.15) is 0 Å². The van der Waals surface area contributed by atoms with Crippen LogP contribution in [0.4, 0.5) is 5.69 Å². The van der Waals surface area contributed by atoms with E-state index in [4.69, 9.17) is 5.73 Å². The molecule has 0 atom stereocenters. The van der Waals surface area contributed by atoms with Crippen LogP contribution in [-0.4, -0.2) is 17.4 Å². The Bertz CT molecular complexity index is 386. The van der Waals surface area contributed by atoms with Crippen molar-refractivity contribution < 1.29 is 4.79 Å². The molecular weight excluding hydrogens is 190 g/mol. The second-order valence-electron chi connectivity index (χ2n) is 3.52. The van der Waals surface area contributed by atoms with Crippen molar-refractivity contribution in [2.24, 2.45) is 5.73 Å². The third-order valence-corrected chi connectivity index (χ3v) is 2.47. The van der Waals surface area contributed by atoms with Crippen LogP contribution in [0.3, 0.4) is 0 Å². The monoisotopic (exact) mass is 203 g/mol. The summed E-state index contributed by atoms with van der Waals surface area (Å²) < 4.78 is 0. The summed E-state index contributed by atoms with van der Waals surface area (Å²) in [6.45, 7) is 0.917. The highest BCUT2D eigenvalue weighted by Crippen LogP contribution is 2.20. The fourth-order valence-corrected chi connectivity index (χ4v) is 1.68. The molecular formula is C11H13N3O. The standard InChI is InChI=1S/C11H13N3O/c12-11(15)9-2-1-7-14(8-9)10-3-5-13-6-4-10/h3-6,8H,1-2,7H2,(H2,12,15). The van der Waals surface area contributed by atoms with Crippen molar-refractivity contribution in [3.63, 3.8) is 0 Å². The topological polar surface area (TPSA) is 59.2 Å². The molecule has 4 nitrogen and oxygen atoms in total. The van der Waals surface area contributed by atoms with Gasteiger partial charge in [-0.15, -0.1) is 0 Å². The second-order valence-corrected chi connectivity index (χ2v) is 3.52. The number of hydrogen-bond acceptors (Lipinski definition) is 3. The summed E-state index contributed by atoms with van der Waals surface area (Å²) in [4.78, 5) is 17.0. The molecule has 0 spiro atoms. The van der Waals surface area contributed by atoms with Crippen molar-refractivity contribution >= 4 is 11.6 Å². The van der Waals surface area contributed by atoms with Crippen LogP contribution in [0.25, 0.3) is 0 Å². The molecule has 2 heterocycles. The second kappa shape index (κ2) is 4.13. The van der Waals surface area contributed by atoms with Crippen LogP contribution in [0.2, 0.25) is 0 Å². The molecule has 0 bridgehead atoms. The van der Waals surface area contributed by atoms with E-state index in [9.17, 15) is 4.79 Å². The van der Waals surface area contributed by atoms with Crippen molar-refractivity contribution in [2.75, 3.05) is 11.4 Å². The minimum atomic E-state index is -0.325. The first-order chi connectivity index (χ1) is 7.27. The molecule has 0 fully saturated rings. The van der Waals surface area contributed by atoms with Gasteiger partial charge >= 0.3 is 0 Å². The Labute approximate surface area is 88.4 Å². The molecule has 0 unspecified atom stereocenters. The van der Waals surface area contributed by atoms with Crippen LogP contribution in [0.5, 0.6) is 0 Å². The molecule has 0 radical (unpaired) electrons. The first-order valence-corrected chi connectivity index (χ1v) is 4.94. The number of hydrogen-bond donors (Lipinski definition) is 1. The molecule has 1 aliphatic heterocycles. The number of anilines is 1. The van der Waals surface area contributed by atoms with Crippen LogP contribution < -0.4 is 10.6 Å². The highest BCUT2D eigenvalue weighted by molar-refractivity contribution is 5.92. The van der Waals surface area contributed by atoms with Gasteiger partial charge in [-0.3, -0.25) is 9.78 Å². The van der Waals surface area contributed by atoms with Gasteiger partial charge in [0.15, 0.2) is 0 Å². The number of rotatable bonds is 2. The number of primary amides is 1. The maximum Gasteiger partial charge on any atom is 0.246 e. The molecule has 0 aliphatic carbocycles. The van der Waals surface area contributed by atoms with E-state index in [1.165, 1.54) is 0 Å². The third-order valence-electron chi connectivity index (χ3n) is 2.47. The van der Waals surface area contributed by atoms with Gasteiger partial charge in [0.2, 0.25) is 5.91 Å². The number of nitrogens with two attached hydrogens (primary N) is 1.